The lowest BCUT2D eigenvalue weighted by molar-refractivity contribution is -0.137. The fourth-order valence-corrected chi connectivity index (χ4v) is 2.68. The molecule has 1 fully saturated rings. The highest BCUT2D eigenvalue weighted by molar-refractivity contribution is 5.59. The summed E-state index contributed by atoms with van der Waals surface area (Å²) in [5, 5.41) is 9.16. The van der Waals surface area contributed by atoms with Crippen LogP contribution in [-0.4, -0.2) is 24.2 Å². The van der Waals surface area contributed by atoms with Crippen LogP contribution in [0.25, 0.3) is 0 Å². The van der Waals surface area contributed by atoms with E-state index in [4.69, 9.17) is 10.00 Å². The smallest absolute Gasteiger partial charge is 0.417 e. The number of rotatable bonds is 3. The Labute approximate surface area is 137 Å². The van der Waals surface area contributed by atoms with Gasteiger partial charge in [0.2, 0.25) is 5.88 Å². The van der Waals surface area contributed by atoms with Gasteiger partial charge in [0.25, 0.3) is 0 Å². The maximum Gasteiger partial charge on any atom is 0.417 e. The Bertz CT molecular complexity index is 753. The highest BCUT2D eigenvalue weighted by Crippen LogP contribution is 2.30. The van der Waals surface area contributed by atoms with Crippen LogP contribution in [0.4, 0.5) is 18.9 Å². The summed E-state index contributed by atoms with van der Waals surface area (Å²) in [4.78, 5) is 5.76. The first-order chi connectivity index (χ1) is 11.5. The third-order valence-electron chi connectivity index (χ3n) is 3.86. The zero-order valence-corrected chi connectivity index (χ0v) is 12.6. The number of nitriles is 1. The fraction of sp³-hybridized carbons (Fsp3) is 0.294. The minimum absolute atomic E-state index is 0.170. The zero-order valence-electron chi connectivity index (χ0n) is 12.6. The highest BCUT2D eigenvalue weighted by atomic mass is 19.4. The zero-order chi connectivity index (χ0) is 17.2. The van der Waals surface area contributed by atoms with Crippen LogP contribution in [0, 0.1) is 11.3 Å². The number of halogens is 3. The molecule has 0 N–H and O–H groups in total. The number of hydrogen-bond acceptors (Lipinski definition) is 4. The maximum absolute atomic E-state index is 12.5. The van der Waals surface area contributed by atoms with Crippen molar-refractivity contribution in [1.29, 1.82) is 5.26 Å². The SMILES string of the molecule is N#Cc1ccccc1N1CC[C@@H](Oc2ccc(C(F)(F)F)cn2)C1. The van der Waals surface area contributed by atoms with Gasteiger partial charge in [-0.15, -0.1) is 0 Å². The largest absolute Gasteiger partial charge is 0.472 e. The Morgan fingerprint density at radius 2 is 2.00 bits per heavy atom. The standard InChI is InChI=1S/C17H14F3N3O/c18-17(19,20)13-5-6-16(22-10-13)24-14-7-8-23(11-14)15-4-2-1-3-12(15)9-21/h1-6,10,14H,7-8,11H2/t14-/m1/s1. The average Bonchev–Trinajstić information content (AvgIpc) is 3.03. The van der Waals surface area contributed by atoms with Crippen LogP contribution in [0.2, 0.25) is 0 Å². The van der Waals surface area contributed by atoms with Gasteiger partial charge in [0, 0.05) is 25.2 Å². The summed E-state index contributed by atoms with van der Waals surface area (Å²) >= 11 is 0. The minimum Gasteiger partial charge on any atom is -0.472 e. The molecular formula is C17H14F3N3O. The van der Waals surface area contributed by atoms with E-state index in [2.05, 4.69) is 11.1 Å². The first-order valence-electron chi connectivity index (χ1n) is 7.41. The predicted octanol–water partition coefficient (Wildman–Crippen LogP) is 3.63. The number of alkyl halides is 3. The summed E-state index contributed by atoms with van der Waals surface area (Å²) in [6, 6.07) is 11.6. The molecule has 1 aliphatic heterocycles. The quantitative estimate of drug-likeness (QED) is 0.861. The Morgan fingerprint density at radius 3 is 2.67 bits per heavy atom. The first kappa shape index (κ1) is 16.1. The number of benzene rings is 1. The molecule has 7 heteroatoms. The molecule has 1 aromatic heterocycles. The molecule has 0 aliphatic carbocycles. The normalized spacial score (nSPS) is 17.6. The number of anilines is 1. The fourth-order valence-electron chi connectivity index (χ4n) is 2.68. The van der Waals surface area contributed by atoms with E-state index in [9.17, 15) is 13.2 Å². The molecule has 0 saturated carbocycles. The van der Waals surface area contributed by atoms with Gasteiger partial charge in [-0.3, -0.25) is 0 Å². The van der Waals surface area contributed by atoms with Crippen molar-refractivity contribution in [2.45, 2.75) is 18.7 Å². The topological polar surface area (TPSA) is 49.2 Å². The number of aromatic nitrogens is 1. The van der Waals surface area contributed by atoms with Crippen LogP contribution >= 0.6 is 0 Å². The second-order valence-corrected chi connectivity index (χ2v) is 5.49. The lowest BCUT2D eigenvalue weighted by Crippen LogP contribution is -2.25. The van der Waals surface area contributed by atoms with Crippen LogP contribution < -0.4 is 9.64 Å². The molecule has 24 heavy (non-hydrogen) atoms. The van der Waals surface area contributed by atoms with Crippen molar-refractivity contribution in [3.05, 3.63) is 53.7 Å². The van der Waals surface area contributed by atoms with Gasteiger partial charge in [0.15, 0.2) is 0 Å². The maximum atomic E-state index is 12.5. The lowest BCUT2D eigenvalue weighted by Gasteiger charge is -2.20. The summed E-state index contributed by atoms with van der Waals surface area (Å²) in [6.07, 6.45) is -3.10. The average molecular weight is 333 g/mol. The molecule has 3 rings (SSSR count). The van der Waals surface area contributed by atoms with E-state index in [1.807, 2.05) is 17.0 Å². The van der Waals surface area contributed by atoms with Crippen molar-refractivity contribution in [3.63, 3.8) is 0 Å². The summed E-state index contributed by atoms with van der Waals surface area (Å²) in [6.45, 7) is 1.27. The van der Waals surface area contributed by atoms with Crippen LogP contribution in [0.3, 0.4) is 0 Å². The molecule has 0 bridgehead atoms. The molecule has 0 amide bonds. The van der Waals surface area contributed by atoms with Crippen LogP contribution in [0.1, 0.15) is 17.5 Å². The molecule has 1 aliphatic rings. The molecule has 2 heterocycles. The van der Waals surface area contributed by atoms with E-state index in [0.717, 1.165) is 18.0 Å². The lowest BCUT2D eigenvalue weighted by atomic mass is 10.2. The van der Waals surface area contributed by atoms with E-state index < -0.39 is 11.7 Å². The van der Waals surface area contributed by atoms with E-state index in [1.165, 1.54) is 6.07 Å². The van der Waals surface area contributed by atoms with Crippen LogP contribution in [0.5, 0.6) is 5.88 Å². The summed E-state index contributed by atoms with van der Waals surface area (Å²) in [7, 11) is 0. The predicted molar refractivity (Wildman–Crippen MR) is 81.6 cm³/mol. The van der Waals surface area contributed by atoms with Crippen LogP contribution in [0.15, 0.2) is 42.6 Å². The Hall–Kier alpha value is -2.75. The second kappa shape index (κ2) is 6.40. The molecule has 4 nitrogen and oxygen atoms in total. The van der Waals surface area contributed by atoms with Gasteiger partial charge < -0.3 is 9.64 Å². The molecule has 1 aromatic carbocycles. The molecule has 0 unspecified atom stereocenters. The van der Waals surface area contributed by atoms with Crippen molar-refractivity contribution < 1.29 is 17.9 Å². The Balaban J connectivity index is 1.65. The minimum atomic E-state index is -4.41. The number of para-hydroxylation sites is 1. The molecule has 2 aromatic rings. The third kappa shape index (κ3) is 3.43. The number of ether oxygens (including phenoxy) is 1. The molecule has 0 radical (unpaired) electrons. The molecule has 1 saturated heterocycles. The third-order valence-corrected chi connectivity index (χ3v) is 3.86. The van der Waals surface area contributed by atoms with Crippen molar-refractivity contribution in [1.82, 2.24) is 4.98 Å². The van der Waals surface area contributed by atoms with E-state index >= 15 is 0 Å². The number of nitrogens with zero attached hydrogens (tertiary/aromatic N) is 3. The second-order valence-electron chi connectivity index (χ2n) is 5.49. The van der Waals surface area contributed by atoms with E-state index in [-0.39, 0.29) is 12.0 Å². The summed E-state index contributed by atoms with van der Waals surface area (Å²) in [5.74, 6) is 0.170. The number of hydrogen-bond donors (Lipinski definition) is 0. The van der Waals surface area contributed by atoms with Crippen LogP contribution in [-0.2, 0) is 6.18 Å². The van der Waals surface area contributed by atoms with Gasteiger partial charge in [-0.25, -0.2) is 4.98 Å². The number of pyridine rings is 1. The van der Waals surface area contributed by atoms with Gasteiger partial charge in [-0.1, -0.05) is 12.1 Å². The van der Waals surface area contributed by atoms with Gasteiger partial charge in [0.1, 0.15) is 12.2 Å². The van der Waals surface area contributed by atoms with Gasteiger partial charge in [0.05, 0.1) is 23.4 Å². The van der Waals surface area contributed by atoms with Gasteiger partial charge in [-0.2, -0.15) is 18.4 Å². The molecular weight excluding hydrogens is 319 g/mol. The summed E-state index contributed by atoms with van der Waals surface area (Å²) < 4.78 is 43.2. The van der Waals surface area contributed by atoms with Crippen molar-refractivity contribution in [3.8, 4) is 11.9 Å². The Morgan fingerprint density at radius 1 is 1.21 bits per heavy atom. The van der Waals surface area contributed by atoms with Gasteiger partial charge in [-0.05, 0) is 18.2 Å². The molecule has 124 valence electrons. The summed E-state index contributed by atoms with van der Waals surface area (Å²) in [5.41, 5.74) is 0.628. The first-order valence-corrected chi connectivity index (χ1v) is 7.41. The van der Waals surface area contributed by atoms with Crippen molar-refractivity contribution in [2.75, 3.05) is 18.0 Å². The van der Waals surface area contributed by atoms with Crippen molar-refractivity contribution in [2.24, 2.45) is 0 Å². The molecule has 0 spiro atoms. The Kier molecular flexibility index (Phi) is 4.30. The molecule has 1 atom stereocenters. The van der Waals surface area contributed by atoms with Gasteiger partial charge >= 0.3 is 6.18 Å². The highest BCUT2D eigenvalue weighted by Gasteiger charge is 2.31. The monoisotopic (exact) mass is 333 g/mol. The van der Waals surface area contributed by atoms with Crippen molar-refractivity contribution >= 4 is 5.69 Å². The van der Waals surface area contributed by atoms with E-state index in [0.29, 0.717) is 25.1 Å². The van der Waals surface area contributed by atoms with E-state index in [1.54, 1.807) is 12.1 Å².